The van der Waals surface area contributed by atoms with Gasteiger partial charge in [0.05, 0.1) is 24.9 Å². The van der Waals surface area contributed by atoms with Crippen LogP contribution in [0.5, 0.6) is 11.5 Å². The molecule has 0 bridgehead atoms. The molecule has 2 N–H and O–H groups in total. The third kappa shape index (κ3) is 6.54. The van der Waals surface area contributed by atoms with Crippen molar-refractivity contribution in [3.8, 4) is 11.5 Å². The summed E-state index contributed by atoms with van der Waals surface area (Å²) in [6.07, 6.45) is 1.49. The molecule has 9 heteroatoms. The summed E-state index contributed by atoms with van der Waals surface area (Å²) in [6.45, 7) is 0. The summed E-state index contributed by atoms with van der Waals surface area (Å²) in [5.74, 6) is 0.430. The number of halogens is 2. The number of carbonyl (C=O) groups excluding carboxylic acids is 2. The predicted octanol–water partition coefficient (Wildman–Crippen LogP) is 3.99. The molecule has 0 aromatic heterocycles. The second-order valence-corrected chi connectivity index (χ2v) is 6.88. The maximum absolute atomic E-state index is 11.9. The highest BCUT2D eigenvalue weighted by molar-refractivity contribution is 9.10. The van der Waals surface area contributed by atoms with Gasteiger partial charge in [0, 0.05) is 23.6 Å². The molecule has 0 saturated heterocycles. The molecule has 0 aliphatic rings. The number of rotatable bonds is 8. The van der Waals surface area contributed by atoms with Gasteiger partial charge in [-0.05, 0) is 51.8 Å². The number of hydrazone groups is 1. The fourth-order valence-corrected chi connectivity index (χ4v) is 3.08. The van der Waals surface area contributed by atoms with E-state index in [1.54, 1.807) is 43.5 Å². The average molecular weight is 469 g/mol. The molecule has 0 heterocycles. The minimum Gasteiger partial charge on any atom is -0.493 e. The van der Waals surface area contributed by atoms with Gasteiger partial charge in [0.25, 0.3) is 0 Å². The number of anilines is 1. The lowest BCUT2D eigenvalue weighted by atomic mass is 10.2. The lowest BCUT2D eigenvalue weighted by Gasteiger charge is -2.10. The molecule has 2 rings (SSSR count). The van der Waals surface area contributed by atoms with Crippen molar-refractivity contribution in [3.63, 3.8) is 0 Å². The molecule has 0 spiro atoms. The number of amides is 2. The van der Waals surface area contributed by atoms with Gasteiger partial charge in [-0.2, -0.15) is 5.10 Å². The van der Waals surface area contributed by atoms with Gasteiger partial charge >= 0.3 is 0 Å². The molecule has 0 aliphatic carbocycles. The van der Waals surface area contributed by atoms with E-state index in [2.05, 4.69) is 31.8 Å². The summed E-state index contributed by atoms with van der Waals surface area (Å²) < 4.78 is 11.2. The molecule has 0 atom stereocenters. The summed E-state index contributed by atoms with van der Waals surface area (Å²) in [5.41, 5.74) is 3.66. The van der Waals surface area contributed by atoms with Gasteiger partial charge < -0.3 is 14.8 Å². The van der Waals surface area contributed by atoms with E-state index in [0.29, 0.717) is 32.2 Å². The van der Waals surface area contributed by atoms with Crippen LogP contribution in [0, 0.1) is 0 Å². The van der Waals surface area contributed by atoms with Crippen molar-refractivity contribution in [2.75, 3.05) is 19.5 Å². The second kappa shape index (κ2) is 10.7. The maximum atomic E-state index is 11.9. The van der Waals surface area contributed by atoms with Crippen molar-refractivity contribution in [1.82, 2.24) is 5.43 Å². The smallest absolute Gasteiger partial charge is 0.240 e. The van der Waals surface area contributed by atoms with Crippen LogP contribution >= 0.6 is 27.5 Å². The summed E-state index contributed by atoms with van der Waals surface area (Å²) >= 11 is 9.25. The molecule has 0 radical (unpaired) electrons. The number of nitrogens with one attached hydrogen (secondary N) is 2. The van der Waals surface area contributed by atoms with E-state index < -0.39 is 0 Å². The zero-order chi connectivity index (χ0) is 20.5. The summed E-state index contributed by atoms with van der Waals surface area (Å²) in [4.78, 5) is 23.7. The Morgan fingerprint density at radius 1 is 1.14 bits per heavy atom. The van der Waals surface area contributed by atoms with Gasteiger partial charge in [0.1, 0.15) is 0 Å². The van der Waals surface area contributed by atoms with E-state index in [0.717, 1.165) is 0 Å². The van der Waals surface area contributed by atoms with Crippen LogP contribution in [0.25, 0.3) is 0 Å². The van der Waals surface area contributed by atoms with Crippen LogP contribution < -0.4 is 20.2 Å². The predicted molar refractivity (Wildman–Crippen MR) is 112 cm³/mol. The molecule has 148 valence electrons. The van der Waals surface area contributed by atoms with E-state index >= 15 is 0 Å². The molecule has 0 unspecified atom stereocenters. The van der Waals surface area contributed by atoms with Crippen LogP contribution in [0.4, 0.5) is 5.69 Å². The fraction of sp³-hybridized carbons (Fsp3) is 0.211. The van der Waals surface area contributed by atoms with Gasteiger partial charge in [-0.3, -0.25) is 9.59 Å². The van der Waals surface area contributed by atoms with Crippen molar-refractivity contribution < 1.29 is 19.1 Å². The van der Waals surface area contributed by atoms with E-state index in [1.165, 1.54) is 13.3 Å². The van der Waals surface area contributed by atoms with Crippen molar-refractivity contribution in [2.24, 2.45) is 5.10 Å². The largest absolute Gasteiger partial charge is 0.493 e. The van der Waals surface area contributed by atoms with E-state index in [1.807, 2.05) is 0 Å². The second-order valence-electron chi connectivity index (χ2n) is 5.59. The third-order valence-electron chi connectivity index (χ3n) is 3.55. The number of ether oxygens (including phenoxy) is 2. The van der Waals surface area contributed by atoms with Crippen molar-refractivity contribution in [1.29, 1.82) is 0 Å². The standard InChI is InChI=1S/C19H19BrClN3O4/c1-27-16-9-12(8-15(20)19(16)28-2)11-22-24-18(26)7-6-17(25)23-14-5-3-4-13(21)10-14/h3-5,8-11H,6-7H2,1-2H3,(H,23,25)(H,24,26). The third-order valence-corrected chi connectivity index (χ3v) is 4.37. The van der Waals surface area contributed by atoms with Gasteiger partial charge in [-0.15, -0.1) is 0 Å². The van der Waals surface area contributed by atoms with Crippen LogP contribution in [-0.2, 0) is 9.59 Å². The van der Waals surface area contributed by atoms with Gasteiger partial charge in [-0.25, -0.2) is 5.43 Å². The highest BCUT2D eigenvalue weighted by Crippen LogP contribution is 2.35. The van der Waals surface area contributed by atoms with Crippen LogP contribution in [0.15, 0.2) is 46.0 Å². The lowest BCUT2D eigenvalue weighted by molar-refractivity contribution is -0.124. The first-order valence-corrected chi connectivity index (χ1v) is 9.39. The highest BCUT2D eigenvalue weighted by Gasteiger charge is 2.10. The van der Waals surface area contributed by atoms with Gasteiger partial charge in [-0.1, -0.05) is 17.7 Å². The Balaban J connectivity index is 1.83. The monoisotopic (exact) mass is 467 g/mol. The Labute approximate surface area is 176 Å². The normalized spacial score (nSPS) is 10.6. The minimum absolute atomic E-state index is 0.000628. The van der Waals surface area contributed by atoms with E-state index in [4.69, 9.17) is 21.1 Å². The molecule has 2 amide bonds. The lowest BCUT2D eigenvalue weighted by Crippen LogP contribution is -2.20. The molecule has 28 heavy (non-hydrogen) atoms. The Bertz CT molecular complexity index is 889. The summed E-state index contributed by atoms with van der Waals surface area (Å²) in [7, 11) is 3.07. The molecule has 7 nitrogen and oxygen atoms in total. The molecule has 0 saturated carbocycles. The zero-order valence-corrected chi connectivity index (χ0v) is 17.6. The Hall–Kier alpha value is -2.58. The Morgan fingerprint density at radius 2 is 1.89 bits per heavy atom. The fourth-order valence-electron chi connectivity index (χ4n) is 2.26. The molecule has 0 fully saturated rings. The van der Waals surface area contributed by atoms with E-state index in [9.17, 15) is 9.59 Å². The topological polar surface area (TPSA) is 89.0 Å². The van der Waals surface area contributed by atoms with Crippen molar-refractivity contribution in [2.45, 2.75) is 12.8 Å². The van der Waals surface area contributed by atoms with Crippen LogP contribution in [0.2, 0.25) is 5.02 Å². The Kier molecular flexibility index (Phi) is 8.28. The van der Waals surface area contributed by atoms with Crippen LogP contribution in [0.3, 0.4) is 0 Å². The number of hydrogen-bond donors (Lipinski definition) is 2. The number of hydrogen-bond acceptors (Lipinski definition) is 5. The average Bonchev–Trinajstić information content (AvgIpc) is 2.66. The minimum atomic E-state index is -0.378. The molecular weight excluding hydrogens is 450 g/mol. The molecular formula is C19H19BrClN3O4. The maximum Gasteiger partial charge on any atom is 0.240 e. The number of nitrogens with zero attached hydrogens (tertiary/aromatic N) is 1. The zero-order valence-electron chi connectivity index (χ0n) is 15.3. The van der Waals surface area contributed by atoms with E-state index in [-0.39, 0.29) is 24.7 Å². The molecule has 2 aromatic rings. The summed E-state index contributed by atoms with van der Waals surface area (Å²) in [6, 6.07) is 10.3. The first-order chi connectivity index (χ1) is 13.4. The summed E-state index contributed by atoms with van der Waals surface area (Å²) in [5, 5.41) is 7.09. The molecule has 0 aliphatic heterocycles. The van der Waals surface area contributed by atoms with Gasteiger partial charge in [0.15, 0.2) is 11.5 Å². The number of benzene rings is 2. The molecule has 2 aromatic carbocycles. The van der Waals surface area contributed by atoms with Crippen LogP contribution in [0.1, 0.15) is 18.4 Å². The quantitative estimate of drug-likeness (QED) is 0.453. The number of methoxy groups -OCH3 is 2. The SMILES string of the molecule is COc1cc(C=NNC(=O)CCC(=O)Nc2cccc(Cl)c2)cc(Br)c1OC. The number of carbonyl (C=O) groups is 2. The Morgan fingerprint density at radius 3 is 2.57 bits per heavy atom. The van der Waals surface area contributed by atoms with Crippen LogP contribution in [-0.4, -0.2) is 32.2 Å². The van der Waals surface area contributed by atoms with Crippen molar-refractivity contribution in [3.05, 3.63) is 51.5 Å². The highest BCUT2D eigenvalue weighted by atomic mass is 79.9. The van der Waals surface area contributed by atoms with Gasteiger partial charge in [0.2, 0.25) is 11.8 Å². The van der Waals surface area contributed by atoms with Crippen molar-refractivity contribution >= 4 is 51.2 Å². The first-order valence-electron chi connectivity index (χ1n) is 8.21. The first kappa shape index (κ1) is 21.7.